The van der Waals surface area contributed by atoms with Gasteiger partial charge in [0.05, 0.1) is 18.2 Å². The summed E-state index contributed by atoms with van der Waals surface area (Å²) in [7, 11) is 1.30. The first-order valence-electron chi connectivity index (χ1n) is 8.97. The number of carbonyl (C=O) groups excluding carboxylic acids is 2. The third-order valence-electron chi connectivity index (χ3n) is 5.11. The number of hydrogen-bond donors (Lipinski definition) is 0. The first kappa shape index (κ1) is 17.9. The van der Waals surface area contributed by atoms with Crippen LogP contribution in [0.1, 0.15) is 43.9 Å². The predicted octanol–water partition coefficient (Wildman–Crippen LogP) is 2.88. The Morgan fingerprint density at radius 1 is 1.00 bits per heavy atom. The molecule has 0 spiro atoms. The van der Waals surface area contributed by atoms with Crippen LogP contribution < -0.4 is 0 Å². The lowest BCUT2D eigenvalue weighted by Gasteiger charge is -2.18. The summed E-state index contributed by atoms with van der Waals surface area (Å²) in [4.78, 5) is 31.2. The number of methoxy groups -OCH3 is 1. The van der Waals surface area contributed by atoms with Crippen molar-refractivity contribution in [2.45, 2.75) is 11.8 Å². The summed E-state index contributed by atoms with van der Waals surface area (Å²) >= 11 is 0. The molecule has 0 unspecified atom stereocenters. The summed E-state index contributed by atoms with van der Waals surface area (Å²) in [5.74, 6) is -0.223. The van der Waals surface area contributed by atoms with Gasteiger partial charge in [0.2, 0.25) is 6.39 Å². The first-order valence-corrected chi connectivity index (χ1v) is 8.97. The fraction of sp³-hybridized carbons (Fsp3) is 0.238. The average molecular weight is 377 g/mol. The Hall–Kier alpha value is -3.48. The molecule has 3 aromatic rings. The van der Waals surface area contributed by atoms with Crippen molar-refractivity contribution in [1.82, 2.24) is 15.0 Å². The van der Waals surface area contributed by atoms with Gasteiger partial charge in [-0.15, -0.1) is 0 Å². The van der Waals surface area contributed by atoms with Gasteiger partial charge in [-0.1, -0.05) is 47.6 Å². The molecule has 0 bridgehead atoms. The summed E-state index contributed by atoms with van der Waals surface area (Å²) in [6.07, 6.45) is 1.30. The smallest absolute Gasteiger partial charge is 0.338 e. The summed E-state index contributed by atoms with van der Waals surface area (Å²) in [5, 5.41) is 4.00. The zero-order valence-corrected chi connectivity index (χ0v) is 15.3. The molecular weight excluding hydrogens is 358 g/mol. The largest absolute Gasteiger partial charge is 0.465 e. The van der Waals surface area contributed by atoms with Gasteiger partial charge in [0, 0.05) is 24.9 Å². The van der Waals surface area contributed by atoms with Gasteiger partial charge >= 0.3 is 5.97 Å². The van der Waals surface area contributed by atoms with Crippen LogP contribution in [0.3, 0.4) is 0 Å². The second kappa shape index (κ2) is 7.64. The van der Waals surface area contributed by atoms with E-state index in [0.29, 0.717) is 24.5 Å². The van der Waals surface area contributed by atoms with E-state index in [1.54, 1.807) is 29.2 Å². The lowest BCUT2D eigenvalue weighted by Crippen LogP contribution is -2.30. The Labute approximate surface area is 161 Å². The zero-order chi connectivity index (χ0) is 19.5. The quantitative estimate of drug-likeness (QED) is 0.650. The monoisotopic (exact) mass is 377 g/mol. The molecule has 0 N–H and O–H groups in total. The molecule has 142 valence electrons. The van der Waals surface area contributed by atoms with Crippen molar-refractivity contribution in [2.75, 3.05) is 20.2 Å². The van der Waals surface area contributed by atoms with Crippen LogP contribution in [0.5, 0.6) is 0 Å². The molecule has 1 aliphatic rings. The molecule has 0 radical (unpaired) electrons. The van der Waals surface area contributed by atoms with Crippen LogP contribution in [0.25, 0.3) is 0 Å². The Balaban J connectivity index is 1.66. The third-order valence-corrected chi connectivity index (χ3v) is 5.11. The molecule has 7 heteroatoms. The van der Waals surface area contributed by atoms with E-state index in [2.05, 4.69) is 10.1 Å². The standard InChI is InChI=1S/C21H19N3O4/c1-27-21(26)16-10-6-5-9-15(16)20(25)24-11-17(14-7-3-2-4-8-14)18(12-24)19-22-13-28-23-19/h2-10,13,17-18H,11-12H2,1H3/t17-,18-/m1/s1. The van der Waals surface area contributed by atoms with Crippen LogP contribution in [0.4, 0.5) is 0 Å². The minimum absolute atomic E-state index is 0.0352. The van der Waals surface area contributed by atoms with Crippen molar-refractivity contribution in [3.05, 3.63) is 83.5 Å². The highest BCUT2D eigenvalue weighted by Crippen LogP contribution is 2.39. The molecule has 2 atom stereocenters. The van der Waals surface area contributed by atoms with Gasteiger partial charge in [0.1, 0.15) is 0 Å². The lowest BCUT2D eigenvalue weighted by atomic mass is 9.88. The molecule has 1 saturated heterocycles. The van der Waals surface area contributed by atoms with Gasteiger partial charge in [-0.05, 0) is 17.7 Å². The zero-order valence-electron chi connectivity index (χ0n) is 15.3. The maximum Gasteiger partial charge on any atom is 0.338 e. The molecule has 0 aliphatic carbocycles. The number of benzene rings is 2. The molecular formula is C21H19N3O4. The van der Waals surface area contributed by atoms with Crippen LogP contribution >= 0.6 is 0 Å². The van der Waals surface area contributed by atoms with E-state index in [1.807, 2.05) is 30.3 Å². The fourth-order valence-electron chi connectivity index (χ4n) is 3.74. The van der Waals surface area contributed by atoms with E-state index >= 15 is 0 Å². The third kappa shape index (κ3) is 3.26. The van der Waals surface area contributed by atoms with Crippen LogP contribution in [0, 0.1) is 0 Å². The van der Waals surface area contributed by atoms with Crippen molar-refractivity contribution >= 4 is 11.9 Å². The number of nitrogens with zero attached hydrogens (tertiary/aromatic N) is 3. The first-order chi connectivity index (χ1) is 13.7. The van der Waals surface area contributed by atoms with Crippen LogP contribution in [0.2, 0.25) is 0 Å². The number of esters is 1. The highest BCUT2D eigenvalue weighted by molar-refractivity contribution is 6.05. The molecule has 1 aromatic heterocycles. The van der Waals surface area contributed by atoms with Crippen molar-refractivity contribution in [1.29, 1.82) is 0 Å². The number of hydrogen-bond acceptors (Lipinski definition) is 6. The maximum atomic E-state index is 13.2. The van der Waals surface area contributed by atoms with E-state index < -0.39 is 5.97 Å². The van der Waals surface area contributed by atoms with E-state index in [-0.39, 0.29) is 23.3 Å². The van der Waals surface area contributed by atoms with Gasteiger partial charge in [-0.2, -0.15) is 4.98 Å². The molecule has 0 saturated carbocycles. The van der Waals surface area contributed by atoms with Gasteiger partial charge in [-0.25, -0.2) is 4.79 Å². The van der Waals surface area contributed by atoms with Crippen LogP contribution in [0.15, 0.2) is 65.5 Å². The SMILES string of the molecule is COC(=O)c1ccccc1C(=O)N1C[C@H](c2ccccc2)[C@H](c2ncon2)C1. The van der Waals surface area contributed by atoms with E-state index in [9.17, 15) is 9.59 Å². The van der Waals surface area contributed by atoms with Gasteiger partial charge in [0.15, 0.2) is 5.82 Å². The van der Waals surface area contributed by atoms with Crippen molar-refractivity contribution in [3.8, 4) is 0 Å². The number of amides is 1. The van der Waals surface area contributed by atoms with Crippen LogP contribution in [-0.2, 0) is 4.74 Å². The average Bonchev–Trinajstić information content (AvgIpc) is 3.43. The number of carbonyl (C=O) groups is 2. The number of likely N-dealkylation sites (tertiary alicyclic amines) is 1. The minimum Gasteiger partial charge on any atom is -0.465 e. The summed E-state index contributed by atoms with van der Waals surface area (Å²) in [5.41, 5.74) is 1.69. The minimum atomic E-state index is -0.530. The molecule has 2 heterocycles. The van der Waals surface area contributed by atoms with E-state index in [4.69, 9.17) is 9.26 Å². The fourth-order valence-corrected chi connectivity index (χ4v) is 3.74. The maximum absolute atomic E-state index is 13.2. The van der Waals surface area contributed by atoms with E-state index in [1.165, 1.54) is 13.5 Å². The van der Waals surface area contributed by atoms with Crippen molar-refractivity contribution in [2.24, 2.45) is 0 Å². The normalized spacial score (nSPS) is 18.8. The molecule has 7 nitrogen and oxygen atoms in total. The van der Waals surface area contributed by atoms with Crippen molar-refractivity contribution < 1.29 is 18.8 Å². The number of ether oxygens (including phenoxy) is 1. The topological polar surface area (TPSA) is 85.5 Å². The van der Waals surface area contributed by atoms with Gasteiger partial charge < -0.3 is 14.2 Å². The lowest BCUT2D eigenvalue weighted by molar-refractivity contribution is 0.0592. The summed E-state index contributed by atoms with van der Waals surface area (Å²) < 4.78 is 9.75. The summed E-state index contributed by atoms with van der Waals surface area (Å²) in [6.45, 7) is 0.936. The Morgan fingerprint density at radius 3 is 2.36 bits per heavy atom. The van der Waals surface area contributed by atoms with Gasteiger partial charge in [0.25, 0.3) is 5.91 Å². The second-order valence-corrected chi connectivity index (χ2v) is 6.66. The highest BCUT2D eigenvalue weighted by atomic mass is 16.5. The predicted molar refractivity (Wildman–Crippen MR) is 99.9 cm³/mol. The molecule has 2 aromatic carbocycles. The highest BCUT2D eigenvalue weighted by Gasteiger charge is 2.40. The molecule has 1 amide bonds. The van der Waals surface area contributed by atoms with Crippen LogP contribution in [-0.4, -0.2) is 47.1 Å². The molecule has 28 heavy (non-hydrogen) atoms. The second-order valence-electron chi connectivity index (χ2n) is 6.66. The summed E-state index contributed by atoms with van der Waals surface area (Å²) in [6, 6.07) is 16.7. The Morgan fingerprint density at radius 2 is 1.68 bits per heavy atom. The number of rotatable bonds is 4. The molecule has 4 rings (SSSR count). The number of aromatic nitrogens is 2. The molecule has 1 aliphatic heterocycles. The van der Waals surface area contributed by atoms with E-state index in [0.717, 1.165) is 5.56 Å². The van der Waals surface area contributed by atoms with Gasteiger partial charge in [-0.3, -0.25) is 4.79 Å². The molecule has 1 fully saturated rings. The van der Waals surface area contributed by atoms with Crippen molar-refractivity contribution in [3.63, 3.8) is 0 Å². The Bertz CT molecular complexity index is 972. The Kier molecular flexibility index (Phi) is 4.89.